The lowest BCUT2D eigenvalue weighted by Crippen LogP contribution is -2.09. The van der Waals surface area contributed by atoms with Crippen molar-refractivity contribution in [2.75, 3.05) is 0 Å². The van der Waals surface area contributed by atoms with Crippen molar-refractivity contribution in [3.63, 3.8) is 0 Å². The minimum absolute atomic E-state index is 0.227. The molecule has 1 unspecified atom stereocenters. The maximum Gasteiger partial charge on any atom is 0.333 e. The molecule has 1 aromatic rings. The first-order valence-corrected chi connectivity index (χ1v) is 6.50. The Kier molecular flexibility index (Phi) is 5.63. The molecule has 98 valence electrons. The Morgan fingerprint density at radius 3 is 2.44 bits per heavy atom. The highest BCUT2D eigenvalue weighted by atomic mass is 16.5. The molecule has 0 saturated heterocycles. The van der Waals surface area contributed by atoms with Crippen LogP contribution in [0.5, 0.6) is 0 Å². The van der Waals surface area contributed by atoms with Crippen LogP contribution in [-0.2, 0) is 16.0 Å². The molecule has 0 spiro atoms. The number of hydrogen-bond donors (Lipinski definition) is 0. The SMILES string of the molecule is C=C(C)C(=O)OC(C)c1ccc(CCCC)cc1. The highest BCUT2D eigenvalue weighted by Gasteiger charge is 2.11. The zero-order chi connectivity index (χ0) is 13.5. The number of carbonyl (C=O) groups is 1. The van der Waals surface area contributed by atoms with Gasteiger partial charge in [0.2, 0.25) is 0 Å². The third-order valence-electron chi connectivity index (χ3n) is 2.90. The number of esters is 1. The van der Waals surface area contributed by atoms with Crippen molar-refractivity contribution >= 4 is 5.97 Å². The van der Waals surface area contributed by atoms with E-state index in [9.17, 15) is 4.79 Å². The van der Waals surface area contributed by atoms with Crippen LogP contribution in [0.1, 0.15) is 50.8 Å². The van der Waals surface area contributed by atoms with Gasteiger partial charge in [-0.1, -0.05) is 44.2 Å². The Balaban J connectivity index is 2.61. The number of ether oxygens (including phenoxy) is 1. The van der Waals surface area contributed by atoms with Gasteiger partial charge < -0.3 is 4.74 Å². The van der Waals surface area contributed by atoms with Gasteiger partial charge in [-0.15, -0.1) is 0 Å². The van der Waals surface area contributed by atoms with E-state index >= 15 is 0 Å². The second-order valence-corrected chi connectivity index (χ2v) is 4.67. The van der Waals surface area contributed by atoms with Gasteiger partial charge in [-0.25, -0.2) is 4.79 Å². The fraction of sp³-hybridized carbons (Fsp3) is 0.438. The van der Waals surface area contributed by atoms with Gasteiger partial charge in [-0.2, -0.15) is 0 Å². The lowest BCUT2D eigenvalue weighted by Gasteiger charge is -2.14. The molecule has 0 aliphatic rings. The van der Waals surface area contributed by atoms with E-state index in [4.69, 9.17) is 4.74 Å². The zero-order valence-corrected chi connectivity index (χ0v) is 11.5. The van der Waals surface area contributed by atoms with Gasteiger partial charge >= 0.3 is 5.97 Å². The molecule has 0 radical (unpaired) electrons. The van der Waals surface area contributed by atoms with Crippen molar-refractivity contribution in [2.24, 2.45) is 0 Å². The summed E-state index contributed by atoms with van der Waals surface area (Å²) in [4.78, 5) is 11.4. The van der Waals surface area contributed by atoms with Gasteiger partial charge in [-0.3, -0.25) is 0 Å². The van der Waals surface area contributed by atoms with Crippen molar-refractivity contribution in [1.29, 1.82) is 0 Å². The molecule has 0 aliphatic carbocycles. The van der Waals surface area contributed by atoms with Crippen molar-refractivity contribution in [2.45, 2.75) is 46.1 Å². The maximum absolute atomic E-state index is 11.4. The van der Waals surface area contributed by atoms with E-state index < -0.39 is 0 Å². The van der Waals surface area contributed by atoms with Crippen LogP contribution in [0.25, 0.3) is 0 Å². The number of unbranched alkanes of at least 4 members (excludes halogenated alkanes) is 1. The van der Waals surface area contributed by atoms with Crippen LogP contribution in [0.4, 0.5) is 0 Å². The molecule has 18 heavy (non-hydrogen) atoms. The Morgan fingerprint density at radius 2 is 1.94 bits per heavy atom. The molecule has 1 aromatic carbocycles. The molecule has 0 bridgehead atoms. The number of benzene rings is 1. The molecule has 1 atom stereocenters. The first-order valence-electron chi connectivity index (χ1n) is 6.50. The van der Waals surface area contributed by atoms with Crippen LogP contribution in [0, 0.1) is 0 Å². The lowest BCUT2D eigenvalue weighted by molar-refractivity contribution is -0.143. The van der Waals surface area contributed by atoms with Gasteiger partial charge in [0.1, 0.15) is 6.10 Å². The second kappa shape index (κ2) is 7.00. The molecule has 0 amide bonds. The molecule has 0 heterocycles. The van der Waals surface area contributed by atoms with E-state index in [1.165, 1.54) is 18.4 Å². The van der Waals surface area contributed by atoms with Crippen LogP contribution < -0.4 is 0 Å². The van der Waals surface area contributed by atoms with E-state index in [1.807, 2.05) is 19.1 Å². The monoisotopic (exact) mass is 246 g/mol. The summed E-state index contributed by atoms with van der Waals surface area (Å²) in [5.41, 5.74) is 2.78. The van der Waals surface area contributed by atoms with E-state index in [2.05, 4.69) is 25.6 Å². The number of hydrogen-bond acceptors (Lipinski definition) is 2. The molecular weight excluding hydrogens is 224 g/mol. The summed E-state index contributed by atoms with van der Waals surface area (Å²) in [6, 6.07) is 8.27. The second-order valence-electron chi connectivity index (χ2n) is 4.67. The highest BCUT2D eigenvalue weighted by Crippen LogP contribution is 2.19. The Labute approximate surface area is 110 Å². The van der Waals surface area contributed by atoms with Crippen molar-refractivity contribution < 1.29 is 9.53 Å². The topological polar surface area (TPSA) is 26.3 Å². The Morgan fingerprint density at radius 1 is 1.33 bits per heavy atom. The lowest BCUT2D eigenvalue weighted by atomic mass is 10.0. The van der Waals surface area contributed by atoms with Crippen LogP contribution in [0.3, 0.4) is 0 Å². The quantitative estimate of drug-likeness (QED) is 0.555. The van der Waals surface area contributed by atoms with Crippen molar-refractivity contribution in [1.82, 2.24) is 0 Å². The Hall–Kier alpha value is -1.57. The summed E-state index contributed by atoms with van der Waals surface area (Å²) in [5.74, 6) is -0.336. The molecule has 0 aliphatic heterocycles. The fourth-order valence-corrected chi connectivity index (χ4v) is 1.67. The van der Waals surface area contributed by atoms with E-state index in [1.54, 1.807) is 6.92 Å². The third-order valence-corrected chi connectivity index (χ3v) is 2.90. The van der Waals surface area contributed by atoms with Crippen LogP contribution in [-0.4, -0.2) is 5.97 Å². The predicted molar refractivity (Wildman–Crippen MR) is 74.4 cm³/mol. The summed E-state index contributed by atoms with van der Waals surface area (Å²) in [6.07, 6.45) is 3.29. The van der Waals surface area contributed by atoms with Gasteiger partial charge in [0.15, 0.2) is 0 Å². The smallest absolute Gasteiger partial charge is 0.333 e. The zero-order valence-electron chi connectivity index (χ0n) is 11.5. The fourth-order valence-electron chi connectivity index (χ4n) is 1.67. The van der Waals surface area contributed by atoms with Crippen LogP contribution >= 0.6 is 0 Å². The van der Waals surface area contributed by atoms with E-state index in [0.29, 0.717) is 5.57 Å². The Bertz CT molecular complexity index is 404. The van der Waals surface area contributed by atoms with Crippen LogP contribution in [0.2, 0.25) is 0 Å². The molecule has 0 fully saturated rings. The first-order chi connectivity index (χ1) is 8.54. The first kappa shape index (κ1) is 14.5. The number of rotatable bonds is 6. The molecule has 0 saturated carbocycles. The summed E-state index contributed by atoms with van der Waals surface area (Å²) in [5, 5.41) is 0. The summed E-state index contributed by atoms with van der Waals surface area (Å²) >= 11 is 0. The summed E-state index contributed by atoms with van der Waals surface area (Å²) < 4.78 is 5.28. The standard InChI is InChI=1S/C16H22O2/c1-5-6-7-14-8-10-15(11-9-14)13(4)18-16(17)12(2)3/h8-11,13H,2,5-7H2,1,3-4H3. The number of carbonyl (C=O) groups excluding carboxylic acids is 1. The largest absolute Gasteiger partial charge is 0.454 e. The van der Waals surface area contributed by atoms with Crippen molar-refractivity contribution in [3.8, 4) is 0 Å². The van der Waals surface area contributed by atoms with Crippen molar-refractivity contribution in [3.05, 3.63) is 47.5 Å². The average Bonchev–Trinajstić information content (AvgIpc) is 2.36. The molecular formula is C16H22O2. The molecule has 2 heteroatoms. The van der Waals surface area contributed by atoms with Gasteiger partial charge in [0.25, 0.3) is 0 Å². The molecule has 0 aromatic heterocycles. The maximum atomic E-state index is 11.4. The minimum Gasteiger partial charge on any atom is -0.454 e. The van der Waals surface area contributed by atoms with E-state index in [0.717, 1.165) is 12.0 Å². The highest BCUT2D eigenvalue weighted by molar-refractivity contribution is 5.87. The van der Waals surface area contributed by atoms with Gasteiger partial charge in [-0.05, 0) is 37.8 Å². The average molecular weight is 246 g/mol. The van der Waals surface area contributed by atoms with Crippen LogP contribution in [0.15, 0.2) is 36.4 Å². The molecule has 2 nitrogen and oxygen atoms in total. The van der Waals surface area contributed by atoms with Gasteiger partial charge in [0.05, 0.1) is 0 Å². The van der Waals surface area contributed by atoms with E-state index in [-0.39, 0.29) is 12.1 Å². The predicted octanol–water partition coefficient (Wildman–Crippen LogP) is 4.21. The molecule has 0 N–H and O–H groups in total. The summed E-state index contributed by atoms with van der Waals surface area (Å²) in [6.45, 7) is 9.30. The third kappa shape index (κ3) is 4.36. The minimum atomic E-state index is -0.336. The normalized spacial score (nSPS) is 11.9. The van der Waals surface area contributed by atoms with Gasteiger partial charge in [0, 0.05) is 5.57 Å². The number of aryl methyl sites for hydroxylation is 1. The summed E-state index contributed by atoms with van der Waals surface area (Å²) in [7, 11) is 0. The molecule has 1 rings (SSSR count).